The Hall–Kier alpha value is -4.53. The van der Waals surface area contributed by atoms with Crippen LogP contribution in [0.1, 0.15) is 36.0 Å². The standard InChI is InChI=1S/C23H17N3O6.CH4/c1-13-6-7-17(26(30)31)11-19(13)21-9-8-18(32-21)12-20-14(2)24-25(22(20)27)16-5-3-4-15(10-16)23(28)29;/h3-12H,1-2H3,(H,28,29);1H4/b20-12-;. The molecule has 0 spiro atoms. The number of hydrazone groups is 1. The smallest absolute Gasteiger partial charge is 0.335 e. The maximum atomic E-state index is 12.9. The minimum atomic E-state index is -1.10. The van der Waals surface area contributed by atoms with Gasteiger partial charge in [-0.15, -0.1) is 0 Å². The molecule has 1 aromatic heterocycles. The van der Waals surface area contributed by atoms with Crippen molar-refractivity contribution < 1.29 is 24.0 Å². The van der Waals surface area contributed by atoms with E-state index in [1.807, 2.05) is 6.92 Å². The Labute approximate surface area is 189 Å². The van der Waals surface area contributed by atoms with Gasteiger partial charge in [0.15, 0.2) is 0 Å². The number of aromatic carboxylic acids is 1. The molecule has 33 heavy (non-hydrogen) atoms. The molecule has 1 amide bonds. The summed E-state index contributed by atoms with van der Waals surface area (Å²) in [5.74, 6) is -0.710. The van der Waals surface area contributed by atoms with Gasteiger partial charge in [-0.25, -0.2) is 4.79 Å². The molecule has 0 saturated carbocycles. The summed E-state index contributed by atoms with van der Waals surface area (Å²) in [5, 5.41) is 25.7. The third-order valence-corrected chi connectivity index (χ3v) is 5.01. The minimum absolute atomic E-state index is 0. The van der Waals surface area contributed by atoms with E-state index in [1.54, 1.807) is 43.3 Å². The van der Waals surface area contributed by atoms with Crippen molar-refractivity contribution in [1.29, 1.82) is 0 Å². The zero-order valence-corrected chi connectivity index (χ0v) is 17.1. The highest BCUT2D eigenvalue weighted by Crippen LogP contribution is 2.31. The van der Waals surface area contributed by atoms with Crippen molar-refractivity contribution in [3.05, 3.63) is 87.2 Å². The number of carboxylic acid groups (broad SMARTS) is 1. The van der Waals surface area contributed by atoms with Crippen molar-refractivity contribution in [1.82, 2.24) is 0 Å². The molecule has 0 bridgehead atoms. The number of amides is 1. The van der Waals surface area contributed by atoms with Gasteiger partial charge in [0.05, 0.1) is 27.5 Å². The number of hydrogen-bond acceptors (Lipinski definition) is 6. The molecule has 9 nitrogen and oxygen atoms in total. The number of carboxylic acids is 1. The van der Waals surface area contributed by atoms with Gasteiger partial charge in [-0.3, -0.25) is 14.9 Å². The van der Waals surface area contributed by atoms with Crippen LogP contribution in [-0.2, 0) is 4.79 Å². The Morgan fingerprint density at radius 3 is 2.61 bits per heavy atom. The number of carbonyl (C=O) groups excluding carboxylic acids is 1. The molecule has 0 radical (unpaired) electrons. The molecule has 9 heteroatoms. The van der Waals surface area contributed by atoms with Gasteiger partial charge in [0.2, 0.25) is 0 Å². The molecule has 2 heterocycles. The van der Waals surface area contributed by atoms with Crippen LogP contribution in [0.5, 0.6) is 0 Å². The van der Waals surface area contributed by atoms with Gasteiger partial charge >= 0.3 is 5.97 Å². The number of nitro groups is 1. The molecule has 3 aromatic rings. The van der Waals surface area contributed by atoms with E-state index in [1.165, 1.54) is 24.3 Å². The molecule has 0 saturated heterocycles. The number of benzene rings is 2. The van der Waals surface area contributed by atoms with E-state index < -0.39 is 16.8 Å². The van der Waals surface area contributed by atoms with E-state index in [-0.39, 0.29) is 18.7 Å². The molecule has 2 aromatic carbocycles. The second-order valence-electron chi connectivity index (χ2n) is 7.17. The van der Waals surface area contributed by atoms with Gasteiger partial charge in [-0.2, -0.15) is 10.1 Å². The first kappa shape index (κ1) is 23.1. The SMILES string of the molecule is C.CC1=NN(c2cccc(C(=O)O)c2)C(=O)/C1=C\c1ccc(-c2cc([N+](=O)[O-])ccc2C)o1. The number of nitrogens with zero attached hydrogens (tertiary/aromatic N) is 3. The minimum Gasteiger partial charge on any atom is -0.478 e. The van der Waals surface area contributed by atoms with Gasteiger partial charge in [-0.05, 0) is 55.8 Å². The highest BCUT2D eigenvalue weighted by molar-refractivity contribution is 6.32. The van der Waals surface area contributed by atoms with E-state index >= 15 is 0 Å². The number of aryl methyl sites for hydroxylation is 1. The molecular weight excluding hydrogens is 426 g/mol. The highest BCUT2D eigenvalue weighted by Gasteiger charge is 2.29. The van der Waals surface area contributed by atoms with E-state index in [0.717, 1.165) is 10.6 Å². The summed E-state index contributed by atoms with van der Waals surface area (Å²) in [4.78, 5) is 34.8. The van der Waals surface area contributed by atoms with E-state index in [2.05, 4.69) is 5.10 Å². The van der Waals surface area contributed by atoms with Gasteiger partial charge in [0.25, 0.3) is 11.6 Å². The molecule has 0 atom stereocenters. The summed E-state index contributed by atoms with van der Waals surface area (Å²) in [6, 6.07) is 13.8. The number of nitro benzene ring substituents is 1. The van der Waals surface area contributed by atoms with Crippen LogP contribution in [0.4, 0.5) is 11.4 Å². The maximum Gasteiger partial charge on any atom is 0.335 e. The molecule has 1 aliphatic rings. The summed E-state index contributed by atoms with van der Waals surface area (Å²) in [7, 11) is 0. The lowest BCUT2D eigenvalue weighted by Gasteiger charge is -2.12. The Balaban J connectivity index is 0.00000306. The van der Waals surface area contributed by atoms with Crippen molar-refractivity contribution in [3.8, 4) is 11.3 Å². The molecule has 0 fully saturated rings. The van der Waals surface area contributed by atoms with Crippen LogP contribution in [0, 0.1) is 17.0 Å². The van der Waals surface area contributed by atoms with Crippen molar-refractivity contribution in [2.75, 3.05) is 5.01 Å². The average molecular weight is 447 g/mol. The second-order valence-corrected chi connectivity index (χ2v) is 7.17. The Morgan fingerprint density at radius 2 is 1.91 bits per heavy atom. The summed E-state index contributed by atoms with van der Waals surface area (Å²) in [6.45, 7) is 3.49. The van der Waals surface area contributed by atoms with Crippen LogP contribution in [0.3, 0.4) is 0 Å². The van der Waals surface area contributed by atoms with Crippen LogP contribution in [-0.4, -0.2) is 27.6 Å². The van der Waals surface area contributed by atoms with Crippen molar-refractivity contribution in [2.45, 2.75) is 21.3 Å². The normalized spacial score (nSPS) is 14.2. The second kappa shape index (κ2) is 8.91. The number of rotatable bonds is 5. The fraction of sp³-hybridized carbons (Fsp3) is 0.125. The van der Waals surface area contributed by atoms with Gasteiger partial charge in [0.1, 0.15) is 11.5 Å². The zero-order chi connectivity index (χ0) is 23.0. The third kappa shape index (κ3) is 4.42. The summed E-state index contributed by atoms with van der Waals surface area (Å²) in [6.07, 6.45) is 1.54. The average Bonchev–Trinajstić information content (AvgIpc) is 3.34. The molecular formula is C24H21N3O6. The number of anilines is 1. The van der Waals surface area contributed by atoms with Crippen LogP contribution in [0.25, 0.3) is 17.4 Å². The maximum absolute atomic E-state index is 12.9. The van der Waals surface area contributed by atoms with Crippen LogP contribution >= 0.6 is 0 Å². The Bertz CT molecular complexity index is 1340. The summed E-state index contributed by atoms with van der Waals surface area (Å²) >= 11 is 0. The Kier molecular flexibility index (Phi) is 6.25. The van der Waals surface area contributed by atoms with Gasteiger partial charge in [0, 0.05) is 17.7 Å². The largest absolute Gasteiger partial charge is 0.478 e. The van der Waals surface area contributed by atoms with Crippen molar-refractivity contribution in [2.24, 2.45) is 5.10 Å². The van der Waals surface area contributed by atoms with Crippen molar-refractivity contribution in [3.63, 3.8) is 0 Å². The van der Waals surface area contributed by atoms with E-state index in [4.69, 9.17) is 4.42 Å². The summed E-state index contributed by atoms with van der Waals surface area (Å²) < 4.78 is 5.83. The predicted octanol–water partition coefficient (Wildman–Crippen LogP) is 5.30. The zero-order valence-electron chi connectivity index (χ0n) is 17.1. The quantitative estimate of drug-likeness (QED) is 0.321. The topological polar surface area (TPSA) is 126 Å². The van der Waals surface area contributed by atoms with E-state index in [9.17, 15) is 24.8 Å². The van der Waals surface area contributed by atoms with Crippen LogP contribution in [0.2, 0.25) is 0 Å². The molecule has 0 unspecified atom stereocenters. The fourth-order valence-corrected chi connectivity index (χ4v) is 3.34. The first-order valence-corrected chi connectivity index (χ1v) is 9.55. The van der Waals surface area contributed by atoms with Crippen LogP contribution < -0.4 is 5.01 Å². The predicted molar refractivity (Wildman–Crippen MR) is 124 cm³/mol. The summed E-state index contributed by atoms with van der Waals surface area (Å²) in [5.41, 5.74) is 2.47. The number of hydrogen-bond donors (Lipinski definition) is 1. The molecule has 0 aliphatic carbocycles. The lowest BCUT2D eigenvalue weighted by Crippen LogP contribution is -2.21. The molecule has 4 rings (SSSR count). The third-order valence-electron chi connectivity index (χ3n) is 5.01. The monoisotopic (exact) mass is 447 g/mol. The number of carbonyl (C=O) groups is 2. The highest BCUT2D eigenvalue weighted by atomic mass is 16.6. The fourth-order valence-electron chi connectivity index (χ4n) is 3.34. The first-order valence-electron chi connectivity index (χ1n) is 9.55. The number of furan rings is 1. The van der Waals surface area contributed by atoms with Gasteiger partial charge in [-0.1, -0.05) is 19.6 Å². The molecule has 1 aliphatic heterocycles. The van der Waals surface area contributed by atoms with Gasteiger partial charge < -0.3 is 9.52 Å². The Morgan fingerprint density at radius 1 is 1.15 bits per heavy atom. The van der Waals surface area contributed by atoms with Crippen molar-refractivity contribution >= 4 is 35.0 Å². The lowest BCUT2D eigenvalue weighted by atomic mass is 10.1. The lowest BCUT2D eigenvalue weighted by molar-refractivity contribution is -0.384. The first-order chi connectivity index (χ1) is 15.2. The van der Waals surface area contributed by atoms with Crippen LogP contribution in [0.15, 0.2) is 69.7 Å². The molecule has 168 valence electrons. The molecule has 1 N–H and O–H groups in total. The number of non-ortho nitro benzene ring substituents is 1. The van der Waals surface area contributed by atoms with E-state index in [0.29, 0.717) is 34.1 Å².